The summed E-state index contributed by atoms with van der Waals surface area (Å²) in [4.78, 5) is 0. The lowest BCUT2D eigenvalue weighted by atomic mass is 11.8. The maximum absolute atomic E-state index is 9.90. The summed E-state index contributed by atoms with van der Waals surface area (Å²) in [6.45, 7) is 0. The summed E-state index contributed by atoms with van der Waals surface area (Å²) in [5.74, 6) is 1.34. The average molecular weight is 188 g/mol. The second kappa shape index (κ2) is 1.97. The molecule has 0 aromatic heterocycles. The highest BCUT2D eigenvalue weighted by atomic mass is 79.9. The van der Waals surface area contributed by atoms with Crippen LogP contribution in [-0.4, -0.2) is 0 Å². The van der Waals surface area contributed by atoms with Gasteiger partial charge >= 0.3 is 5.20 Å². The summed E-state index contributed by atoms with van der Waals surface area (Å²) in [5, 5.41) is 4.65. The Bertz CT molecular complexity index is 122. The van der Waals surface area contributed by atoms with E-state index in [0.717, 1.165) is 0 Å². The van der Waals surface area contributed by atoms with Gasteiger partial charge in [-0.3, -0.25) is 4.57 Å². The standard InChI is InChI=1S/CBrClNOP/c2-6(3,5)1-4. The molecular formula is CBrClNOP. The molecule has 0 bridgehead atoms. The molecule has 1 atom stereocenters. The maximum Gasteiger partial charge on any atom is 0.324 e. The molecule has 0 spiro atoms. The number of halogens is 2. The summed E-state index contributed by atoms with van der Waals surface area (Å²) in [5.41, 5.74) is 0. The monoisotopic (exact) mass is 187 g/mol. The lowest BCUT2D eigenvalue weighted by Gasteiger charge is -1.75. The Morgan fingerprint density at radius 1 is 2.00 bits per heavy atom. The summed E-state index contributed by atoms with van der Waals surface area (Å²) < 4.78 is 9.90. The van der Waals surface area contributed by atoms with E-state index in [1.807, 2.05) is 0 Å². The van der Waals surface area contributed by atoms with Crippen LogP contribution in [0.3, 0.4) is 0 Å². The molecule has 0 aliphatic carbocycles. The zero-order valence-corrected chi connectivity index (χ0v) is 5.79. The fraction of sp³-hybridized carbons (Fsp3) is 0. The minimum absolute atomic E-state index is 1.34. The molecule has 34 valence electrons. The first kappa shape index (κ1) is 6.49. The zero-order chi connectivity index (χ0) is 5.21. The van der Waals surface area contributed by atoms with Gasteiger partial charge in [-0.15, -0.1) is 0 Å². The Labute approximate surface area is 48.0 Å². The van der Waals surface area contributed by atoms with Gasteiger partial charge in [0.2, 0.25) is 0 Å². The highest BCUT2D eigenvalue weighted by molar-refractivity contribution is 9.43. The van der Waals surface area contributed by atoms with Crippen LogP contribution in [-0.2, 0) is 4.57 Å². The predicted molar refractivity (Wildman–Crippen MR) is 28.0 cm³/mol. The van der Waals surface area contributed by atoms with Gasteiger partial charge in [0.1, 0.15) is 0 Å². The van der Waals surface area contributed by atoms with Crippen molar-refractivity contribution in [2.24, 2.45) is 0 Å². The van der Waals surface area contributed by atoms with Crippen LogP contribution in [0.5, 0.6) is 0 Å². The van der Waals surface area contributed by atoms with Gasteiger partial charge in [0.05, 0.1) is 0 Å². The van der Waals surface area contributed by atoms with Crippen LogP contribution < -0.4 is 0 Å². The van der Waals surface area contributed by atoms with Gasteiger partial charge in [-0.2, -0.15) is 5.26 Å². The molecule has 0 aliphatic rings. The van der Waals surface area contributed by atoms with E-state index in [0.29, 0.717) is 0 Å². The Morgan fingerprint density at radius 3 is 2.17 bits per heavy atom. The van der Waals surface area contributed by atoms with E-state index >= 15 is 0 Å². The van der Waals surface area contributed by atoms with Crippen molar-refractivity contribution in [2.75, 3.05) is 0 Å². The number of nitrogens with zero attached hydrogens (tertiary/aromatic N) is 1. The van der Waals surface area contributed by atoms with Gasteiger partial charge < -0.3 is 0 Å². The highest BCUT2D eigenvalue weighted by Gasteiger charge is 2.07. The topological polar surface area (TPSA) is 40.9 Å². The molecule has 0 aliphatic heterocycles. The molecule has 0 radical (unpaired) electrons. The van der Waals surface area contributed by atoms with Gasteiger partial charge in [0, 0.05) is 15.5 Å². The second-order valence-corrected chi connectivity index (χ2v) is 7.34. The van der Waals surface area contributed by atoms with E-state index in [-0.39, 0.29) is 0 Å². The van der Waals surface area contributed by atoms with Crippen molar-refractivity contribution >= 4 is 31.9 Å². The number of hydrogen-bond acceptors (Lipinski definition) is 2. The van der Waals surface area contributed by atoms with Crippen LogP contribution in [0.25, 0.3) is 0 Å². The Hall–Kier alpha value is 0.490. The third kappa shape index (κ3) is 4.49. The molecule has 0 heterocycles. The summed E-state index contributed by atoms with van der Waals surface area (Å²) in [7, 11) is 0. The first-order chi connectivity index (χ1) is 2.56. The first-order valence-electron chi connectivity index (χ1n) is 0.968. The van der Waals surface area contributed by atoms with Crippen molar-refractivity contribution < 1.29 is 4.57 Å². The summed E-state index contributed by atoms with van der Waals surface area (Å²) in [6.07, 6.45) is 0. The summed E-state index contributed by atoms with van der Waals surface area (Å²) >= 11 is 7.27. The molecule has 0 fully saturated rings. The predicted octanol–water partition coefficient (Wildman–Crippen LogP) is 2.29. The van der Waals surface area contributed by atoms with Crippen LogP contribution >= 0.6 is 31.9 Å². The molecular weight excluding hydrogens is 188 g/mol. The Morgan fingerprint density at radius 2 is 2.17 bits per heavy atom. The van der Waals surface area contributed by atoms with E-state index in [4.69, 9.17) is 16.5 Å². The van der Waals surface area contributed by atoms with E-state index < -0.39 is 5.20 Å². The van der Waals surface area contributed by atoms with Crippen molar-refractivity contribution in [3.05, 3.63) is 0 Å². The van der Waals surface area contributed by atoms with Crippen LogP contribution in [0.1, 0.15) is 0 Å². The Kier molecular flexibility index (Phi) is 2.13. The van der Waals surface area contributed by atoms with Gasteiger partial charge in [0.15, 0.2) is 5.81 Å². The largest absolute Gasteiger partial charge is 0.324 e. The van der Waals surface area contributed by atoms with Crippen molar-refractivity contribution in [2.45, 2.75) is 0 Å². The van der Waals surface area contributed by atoms with Crippen LogP contribution in [0.4, 0.5) is 0 Å². The molecule has 0 aromatic rings. The molecule has 0 amide bonds. The molecule has 0 aromatic carbocycles. The zero-order valence-electron chi connectivity index (χ0n) is 2.56. The van der Waals surface area contributed by atoms with Gasteiger partial charge in [-0.25, -0.2) is 0 Å². The molecule has 0 N–H and O–H groups in total. The highest BCUT2D eigenvalue weighted by Crippen LogP contribution is 2.57. The van der Waals surface area contributed by atoms with Crippen molar-refractivity contribution in [3.8, 4) is 5.81 Å². The molecule has 6 heavy (non-hydrogen) atoms. The van der Waals surface area contributed by atoms with Crippen molar-refractivity contribution in [1.29, 1.82) is 5.26 Å². The number of nitriles is 1. The van der Waals surface area contributed by atoms with Crippen LogP contribution in [0.15, 0.2) is 0 Å². The normalized spacial score (nSPS) is 18.2. The van der Waals surface area contributed by atoms with Crippen molar-refractivity contribution in [3.63, 3.8) is 0 Å². The second-order valence-electron chi connectivity index (χ2n) is 0.562. The third-order valence-corrected chi connectivity index (χ3v) is 1.05. The lowest BCUT2D eigenvalue weighted by molar-refractivity contribution is 0.599. The fourth-order valence-corrected chi connectivity index (χ4v) is 0. The van der Waals surface area contributed by atoms with Crippen LogP contribution in [0, 0.1) is 11.1 Å². The third-order valence-electron chi connectivity index (χ3n) is 0.116. The first-order valence-corrected chi connectivity index (χ1v) is 5.60. The van der Waals surface area contributed by atoms with Crippen LogP contribution in [0.2, 0.25) is 0 Å². The number of hydrogen-bond donors (Lipinski definition) is 0. The molecule has 5 heteroatoms. The minimum Gasteiger partial charge on any atom is -0.278 e. The minimum atomic E-state index is -3.06. The SMILES string of the molecule is N#CP(=O)(Cl)Br. The molecule has 1 unspecified atom stereocenters. The Balaban J connectivity index is 3.94. The van der Waals surface area contributed by atoms with Gasteiger partial charge in [0.25, 0.3) is 0 Å². The van der Waals surface area contributed by atoms with Gasteiger partial charge in [-0.05, 0) is 11.2 Å². The van der Waals surface area contributed by atoms with E-state index in [1.54, 1.807) is 0 Å². The maximum atomic E-state index is 9.90. The van der Waals surface area contributed by atoms with E-state index in [2.05, 4.69) is 15.5 Å². The molecule has 0 saturated carbocycles. The summed E-state index contributed by atoms with van der Waals surface area (Å²) in [6, 6.07) is 0. The number of rotatable bonds is 0. The van der Waals surface area contributed by atoms with Crippen molar-refractivity contribution in [1.82, 2.24) is 0 Å². The lowest BCUT2D eigenvalue weighted by Crippen LogP contribution is -1.36. The quantitative estimate of drug-likeness (QED) is 0.547. The molecule has 2 nitrogen and oxygen atoms in total. The molecule has 0 rings (SSSR count). The smallest absolute Gasteiger partial charge is 0.278 e. The fourth-order valence-electron chi connectivity index (χ4n) is 0. The van der Waals surface area contributed by atoms with Gasteiger partial charge in [-0.1, -0.05) is 0 Å². The van der Waals surface area contributed by atoms with E-state index in [1.165, 1.54) is 5.81 Å². The molecule has 0 saturated heterocycles. The van der Waals surface area contributed by atoms with E-state index in [9.17, 15) is 4.57 Å². The average Bonchev–Trinajstić information content (AvgIpc) is 1.35.